The summed E-state index contributed by atoms with van der Waals surface area (Å²) >= 11 is 3.52. The average Bonchev–Trinajstić information content (AvgIpc) is 2.32. The summed E-state index contributed by atoms with van der Waals surface area (Å²) in [7, 11) is 1.95. The molecule has 4 heteroatoms. The fraction of sp³-hybridized carbons (Fsp3) is 0.625. The van der Waals surface area contributed by atoms with Gasteiger partial charge in [0, 0.05) is 13.5 Å². The van der Waals surface area contributed by atoms with Crippen molar-refractivity contribution in [3.05, 3.63) is 15.9 Å². The van der Waals surface area contributed by atoms with Crippen LogP contribution >= 0.6 is 15.9 Å². The molecule has 3 nitrogen and oxygen atoms in total. The van der Waals surface area contributed by atoms with E-state index in [0.29, 0.717) is 6.54 Å². The standard InChI is InChI=1S/C8H14BrN3/c1-3-6-8(9)7(4-5-10)12(2)11-6/h3-5,10H2,1-2H3. The second-order valence-corrected chi connectivity index (χ2v) is 3.52. The quantitative estimate of drug-likeness (QED) is 0.852. The molecule has 12 heavy (non-hydrogen) atoms. The molecule has 0 saturated carbocycles. The van der Waals surface area contributed by atoms with Crippen LogP contribution in [0.5, 0.6) is 0 Å². The maximum absolute atomic E-state index is 5.49. The molecule has 0 aliphatic rings. The Morgan fingerprint density at radius 2 is 2.25 bits per heavy atom. The molecule has 0 bridgehead atoms. The van der Waals surface area contributed by atoms with Gasteiger partial charge in [0.1, 0.15) is 0 Å². The normalized spacial score (nSPS) is 10.7. The number of nitrogens with zero attached hydrogens (tertiary/aromatic N) is 2. The molecule has 0 fully saturated rings. The van der Waals surface area contributed by atoms with Crippen LogP contribution in [0.15, 0.2) is 4.47 Å². The van der Waals surface area contributed by atoms with E-state index in [9.17, 15) is 0 Å². The second kappa shape index (κ2) is 4.05. The third-order valence-electron chi connectivity index (χ3n) is 1.88. The van der Waals surface area contributed by atoms with Gasteiger partial charge in [0.2, 0.25) is 0 Å². The first-order valence-electron chi connectivity index (χ1n) is 4.11. The highest BCUT2D eigenvalue weighted by molar-refractivity contribution is 9.10. The lowest BCUT2D eigenvalue weighted by Gasteiger charge is -1.98. The van der Waals surface area contributed by atoms with Crippen molar-refractivity contribution in [1.82, 2.24) is 9.78 Å². The van der Waals surface area contributed by atoms with Crippen LogP contribution in [-0.2, 0) is 19.9 Å². The lowest BCUT2D eigenvalue weighted by atomic mass is 10.2. The third-order valence-corrected chi connectivity index (χ3v) is 2.80. The lowest BCUT2D eigenvalue weighted by molar-refractivity contribution is 0.694. The lowest BCUT2D eigenvalue weighted by Crippen LogP contribution is -2.07. The fourth-order valence-corrected chi connectivity index (χ4v) is 2.04. The van der Waals surface area contributed by atoms with Gasteiger partial charge in [-0.25, -0.2) is 0 Å². The van der Waals surface area contributed by atoms with Crippen molar-refractivity contribution in [2.45, 2.75) is 19.8 Å². The summed E-state index contributed by atoms with van der Waals surface area (Å²) in [5, 5.41) is 4.36. The molecule has 0 amide bonds. The molecule has 0 spiro atoms. The molecule has 68 valence electrons. The summed E-state index contributed by atoms with van der Waals surface area (Å²) in [6, 6.07) is 0. The molecule has 1 aromatic heterocycles. The Hall–Kier alpha value is -0.350. The van der Waals surface area contributed by atoms with Crippen molar-refractivity contribution in [1.29, 1.82) is 0 Å². The molecule has 1 rings (SSSR count). The number of halogens is 1. The number of rotatable bonds is 3. The number of hydrogen-bond acceptors (Lipinski definition) is 2. The SMILES string of the molecule is CCc1nn(C)c(CCN)c1Br. The van der Waals surface area contributed by atoms with E-state index in [1.807, 2.05) is 11.7 Å². The summed E-state index contributed by atoms with van der Waals surface area (Å²) in [5.74, 6) is 0. The van der Waals surface area contributed by atoms with Crippen LogP contribution in [0.4, 0.5) is 0 Å². The van der Waals surface area contributed by atoms with Crippen LogP contribution < -0.4 is 5.73 Å². The van der Waals surface area contributed by atoms with Crippen molar-refractivity contribution in [2.75, 3.05) is 6.54 Å². The van der Waals surface area contributed by atoms with E-state index in [1.54, 1.807) is 0 Å². The van der Waals surface area contributed by atoms with E-state index in [2.05, 4.69) is 28.0 Å². The number of hydrogen-bond donors (Lipinski definition) is 1. The first kappa shape index (κ1) is 9.74. The second-order valence-electron chi connectivity index (χ2n) is 2.72. The molecule has 0 unspecified atom stereocenters. The molecule has 2 N–H and O–H groups in total. The maximum atomic E-state index is 5.49. The highest BCUT2D eigenvalue weighted by Gasteiger charge is 2.10. The Morgan fingerprint density at radius 1 is 1.58 bits per heavy atom. The minimum Gasteiger partial charge on any atom is -0.330 e. The topological polar surface area (TPSA) is 43.8 Å². The largest absolute Gasteiger partial charge is 0.330 e. The molecule has 0 radical (unpaired) electrons. The van der Waals surface area contributed by atoms with E-state index in [-0.39, 0.29) is 0 Å². The molecule has 0 aliphatic heterocycles. The van der Waals surface area contributed by atoms with Gasteiger partial charge in [-0.1, -0.05) is 6.92 Å². The van der Waals surface area contributed by atoms with Gasteiger partial charge in [0.05, 0.1) is 15.9 Å². The Balaban J connectivity index is 3.01. The van der Waals surface area contributed by atoms with Crippen molar-refractivity contribution in [3.8, 4) is 0 Å². The zero-order valence-corrected chi connectivity index (χ0v) is 9.06. The summed E-state index contributed by atoms with van der Waals surface area (Å²) in [5.41, 5.74) is 7.79. The molecular weight excluding hydrogens is 218 g/mol. The number of nitrogens with two attached hydrogens (primary N) is 1. The van der Waals surface area contributed by atoms with E-state index in [0.717, 1.165) is 23.0 Å². The zero-order chi connectivity index (χ0) is 9.14. The first-order chi connectivity index (χ1) is 5.70. The van der Waals surface area contributed by atoms with E-state index in [4.69, 9.17) is 5.73 Å². The van der Waals surface area contributed by atoms with Crippen LogP contribution in [0, 0.1) is 0 Å². The van der Waals surface area contributed by atoms with Crippen molar-refractivity contribution in [2.24, 2.45) is 12.8 Å². The molecule has 0 aromatic carbocycles. The van der Waals surface area contributed by atoms with Gasteiger partial charge in [-0.3, -0.25) is 4.68 Å². The zero-order valence-electron chi connectivity index (χ0n) is 7.47. The van der Waals surface area contributed by atoms with Crippen LogP contribution in [0.25, 0.3) is 0 Å². The fourth-order valence-electron chi connectivity index (χ4n) is 1.23. The third kappa shape index (κ3) is 1.69. The Kier molecular flexibility index (Phi) is 3.29. The molecule has 0 aliphatic carbocycles. The van der Waals surface area contributed by atoms with Crippen LogP contribution in [0.1, 0.15) is 18.3 Å². The van der Waals surface area contributed by atoms with Gasteiger partial charge in [-0.15, -0.1) is 0 Å². The number of aryl methyl sites for hydroxylation is 2. The summed E-state index contributed by atoms with van der Waals surface area (Å²) < 4.78 is 3.02. The summed E-state index contributed by atoms with van der Waals surface area (Å²) in [4.78, 5) is 0. The van der Waals surface area contributed by atoms with Crippen LogP contribution in [0.2, 0.25) is 0 Å². The molecule has 0 atom stereocenters. The average molecular weight is 232 g/mol. The van der Waals surface area contributed by atoms with Gasteiger partial charge >= 0.3 is 0 Å². The smallest absolute Gasteiger partial charge is 0.0766 e. The van der Waals surface area contributed by atoms with E-state index >= 15 is 0 Å². The Bertz CT molecular complexity index is 268. The number of aromatic nitrogens is 2. The van der Waals surface area contributed by atoms with Gasteiger partial charge in [-0.2, -0.15) is 5.10 Å². The highest BCUT2D eigenvalue weighted by Crippen LogP contribution is 2.21. The monoisotopic (exact) mass is 231 g/mol. The van der Waals surface area contributed by atoms with Gasteiger partial charge in [-0.05, 0) is 28.9 Å². The van der Waals surface area contributed by atoms with Crippen molar-refractivity contribution >= 4 is 15.9 Å². The van der Waals surface area contributed by atoms with Gasteiger partial charge in [0.15, 0.2) is 0 Å². The summed E-state index contributed by atoms with van der Waals surface area (Å²) in [6.07, 6.45) is 1.84. The maximum Gasteiger partial charge on any atom is 0.0766 e. The predicted octanol–water partition coefficient (Wildman–Crippen LogP) is 1.25. The Morgan fingerprint density at radius 3 is 2.67 bits per heavy atom. The molecular formula is C8H14BrN3. The van der Waals surface area contributed by atoms with Crippen LogP contribution in [-0.4, -0.2) is 16.3 Å². The first-order valence-corrected chi connectivity index (χ1v) is 4.90. The van der Waals surface area contributed by atoms with Crippen molar-refractivity contribution in [3.63, 3.8) is 0 Å². The van der Waals surface area contributed by atoms with E-state index < -0.39 is 0 Å². The molecule has 1 aromatic rings. The van der Waals surface area contributed by atoms with Gasteiger partial charge < -0.3 is 5.73 Å². The minimum atomic E-state index is 0.668. The van der Waals surface area contributed by atoms with Gasteiger partial charge in [0.25, 0.3) is 0 Å². The molecule has 0 saturated heterocycles. The summed E-state index contributed by atoms with van der Waals surface area (Å²) in [6.45, 7) is 2.76. The van der Waals surface area contributed by atoms with E-state index in [1.165, 1.54) is 5.69 Å². The van der Waals surface area contributed by atoms with Crippen molar-refractivity contribution < 1.29 is 0 Å². The highest BCUT2D eigenvalue weighted by atomic mass is 79.9. The minimum absolute atomic E-state index is 0.668. The Labute approximate surface area is 81.1 Å². The molecule has 1 heterocycles. The van der Waals surface area contributed by atoms with Crippen LogP contribution in [0.3, 0.4) is 0 Å². The predicted molar refractivity (Wildman–Crippen MR) is 53.0 cm³/mol.